The van der Waals surface area contributed by atoms with Crippen molar-refractivity contribution in [2.24, 2.45) is 0 Å². The number of hydrogen-bond acceptors (Lipinski definition) is 7. The zero-order valence-corrected chi connectivity index (χ0v) is 33.1. The van der Waals surface area contributed by atoms with Gasteiger partial charge in [0.15, 0.2) is 6.10 Å². The first-order valence-electron chi connectivity index (χ1n) is 20.4. The number of carbonyl (C=O) groups is 3. The lowest BCUT2D eigenvalue weighted by Crippen LogP contribution is -2.55. The van der Waals surface area contributed by atoms with Crippen molar-refractivity contribution in [3.05, 3.63) is 24.3 Å². The quantitative estimate of drug-likeness (QED) is 0.0277. The third kappa shape index (κ3) is 31.8. The molecule has 0 heterocycles. The normalized spacial score (nSPS) is 13.2. The number of aliphatic carboxylic acids is 1. The number of rotatable bonds is 36. The Kier molecular flexibility index (Phi) is 32.4. The van der Waals surface area contributed by atoms with E-state index in [0.717, 1.165) is 32.1 Å². The molecule has 0 saturated heterocycles. The fourth-order valence-corrected chi connectivity index (χ4v) is 5.85. The molecule has 0 aromatic heterocycles. The van der Waals surface area contributed by atoms with Gasteiger partial charge in [-0.15, -0.1) is 0 Å². The van der Waals surface area contributed by atoms with E-state index in [1.54, 1.807) is 21.1 Å². The summed E-state index contributed by atoms with van der Waals surface area (Å²) in [4.78, 5) is 36.5. The fourth-order valence-electron chi connectivity index (χ4n) is 5.85. The van der Waals surface area contributed by atoms with Crippen LogP contribution < -0.4 is 5.11 Å². The third-order valence-electron chi connectivity index (χ3n) is 9.07. The number of unbranched alkanes of at least 4 members (excludes halogenated alkanes) is 18. The third-order valence-corrected chi connectivity index (χ3v) is 9.07. The van der Waals surface area contributed by atoms with E-state index in [1.807, 2.05) is 6.08 Å². The maximum Gasteiger partial charge on any atom is 0.306 e. The highest BCUT2D eigenvalue weighted by molar-refractivity contribution is 5.70. The summed E-state index contributed by atoms with van der Waals surface area (Å²) in [5.74, 6) is -1.81. The van der Waals surface area contributed by atoms with Gasteiger partial charge in [0.05, 0.1) is 40.3 Å². The Labute approximate surface area is 307 Å². The first kappa shape index (κ1) is 47.8. The molecule has 292 valence electrons. The molecule has 2 unspecified atom stereocenters. The first-order valence-corrected chi connectivity index (χ1v) is 20.4. The highest BCUT2D eigenvalue weighted by atomic mass is 16.6. The lowest BCUT2D eigenvalue weighted by molar-refractivity contribution is -0.889. The van der Waals surface area contributed by atoms with Gasteiger partial charge in [-0.25, -0.2) is 0 Å². The number of carboxylic acids is 1. The number of ether oxygens (including phenoxy) is 3. The van der Waals surface area contributed by atoms with E-state index in [9.17, 15) is 19.5 Å². The van der Waals surface area contributed by atoms with Gasteiger partial charge in [0, 0.05) is 19.3 Å². The van der Waals surface area contributed by atoms with Crippen molar-refractivity contribution in [2.75, 3.05) is 41.0 Å². The Bertz CT molecular complexity index is 880. The number of hydrogen-bond donors (Lipinski definition) is 0. The van der Waals surface area contributed by atoms with E-state index in [-0.39, 0.29) is 49.1 Å². The van der Waals surface area contributed by atoms with Crippen LogP contribution in [0.15, 0.2) is 24.3 Å². The average Bonchev–Trinajstić information content (AvgIpc) is 3.06. The van der Waals surface area contributed by atoms with Crippen molar-refractivity contribution in [1.82, 2.24) is 0 Å². The Morgan fingerprint density at radius 3 is 1.56 bits per heavy atom. The first-order chi connectivity index (χ1) is 24.1. The van der Waals surface area contributed by atoms with Gasteiger partial charge in [0.25, 0.3) is 0 Å². The Hall–Kier alpha value is -2.19. The van der Waals surface area contributed by atoms with Gasteiger partial charge in [0.1, 0.15) is 12.6 Å². The summed E-state index contributed by atoms with van der Waals surface area (Å²) in [6.07, 6.45) is 35.2. The van der Waals surface area contributed by atoms with Crippen molar-refractivity contribution >= 4 is 17.9 Å². The number of esters is 2. The highest BCUT2D eigenvalue weighted by Gasteiger charge is 2.25. The summed E-state index contributed by atoms with van der Waals surface area (Å²) >= 11 is 0. The average molecular weight is 708 g/mol. The van der Waals surface area contributed by atoms with Crippen LogP contribution in [0.3, 0.4) is 0 Å². The lowest BCUT2D eigenvalue weighted by Gasteiger charge is -2.34. The van der Waals surface area contributed by atoms with Crippen LogP contribution >= 0.6 is 0 Å². The molecule has 0 N–H and O–H groups in total. The lowest BCUT2D eigenvalue weighted by atomic mass is 10.1. The van der Waals surface area contributed by atoms with Gasteiger partial charge >= 0.3 is 11.9 Å². The topological polar surface area (TPSA) is 102 Å². The predicted octanol–water partition coefficient (Wildman–Crippen LogP) is 9.19. The summed E-state index contributed by atoms with van der Waals surface area (Å²) in [5, 5.41) is 11.6. The molecule has 0 aliphatic carbocycles. The minimum atomic E-state index is -1.13. The van der Waals surface area contributed by atoms with Crippen molar-refractivity contribution in [1.29, 1.82) is 0 Å². The van der Waals surface area contributed by atoms with Crippen molar-refractivity contribution in [2.45, 2.75) is 187 Å². The van der Waals surface area contributed by atoms with Crippen LogP contribution in [0.1, 0.15) is 174 Å². The molecule has 0 spiro atoms. The van der Waals surface area contributed by atoms with E-state index < -0.39 is 18.1 Å². The molecule has 0 rings (SSSR count). The van der Waals surface area contributed by atoms with E-state index in [1.165, 1.54) is 103 Å². The number of allylic oxidation sites excluding steroid dienone is 4. The molecule has 0 aromatic carbocycles. The molecule has 8 nitrogen and oxygen atoms in total. The zero-order chi connectivity index (χ0) is 37.1. The van der Waals surface area contributed by atoms with Gasteiger partial charge in [-0.1, -0.05) is 128 Å². The molecule has 50 heavy (non-hydrogen) atoms. The molecule has 0 saturated carbocycles. The summed E-state index contributed by atoms with van der Waals surface area (Å²) in [6.45, 7) is 4.55. The molecule has 0 amide bonds. The van der Waals surface area contributed by atoms with E-state index in [0.29, 0.717) is 12.8 Å². The molecule has 0 bridgehead atoms. The van der Waals surface area contributed by atoms with Gasteiger partial charge in [0.2, 0.25) is 0 Å². The largest absolute Gasteiger partial charge is 0.544 e. The van der Waals surface area contributed by atoms with Crippen LogP contribution in [0.25, 0.3) is 0 Å². The summed E-state index contributed by atoms with van der Waals surface area (Å²) < 4.78 is 17.0. The van der Waals surface area contributed by atoms with Crippen LogP contribution in [-0.4, -0.2) is 75.5 Å². The molecule has 0 fully saturated rings. The maximum atomic E-state index is 12.5. The summed E-state index contributed by atoms with van der Waals surface area (Å²) in [5.41, 5.74) is 0. The number of carboxylic acid groups (broad SMARTS) is 1. The number of likely N-dealkylation sites (N-methyl/N-ethyl adjacent to an activating group) is 1. The van der Waals surface area contributed by atoms with E-state index in [4.69, 9.17) is 14.2 Å². The summed E-state index contributed by atoms with van der Waals surface area (Å²) in [7, 11) is 5.38. The fraction of sp³-hybridized carbons (Fsp3) is 0.833. The van der Waals surface area contributed by atoms with Crippen LogP contribution in [0.2, 0.25) is 0 Å². The van der Waals surface area contributed by atoms with Gasteiger partial charge in [-0.05, 0) is 51.4 Å². The highest BCUT2D eigenvalue weighted by Crippen LogP contribution is 2.13. The standard InChI is InChI=1S/C42H77NO7/c1-6-8-10-12-14-15-16-17-18-19-20-21-22-23-24-25-27-28-30-32-40(44)49-37-38(36-48-35-34-39(42(46)47)43(3,4)5)50-41(45)33-31-29-26-13-11-9-7-2/h19-20,26,29,38-39H,6-18,21-25,27-28,30-37H2,1-5H3/b20-19+,29-26+. The van der Waals surface area contributed by atoms with Crippen molar-refractivity contribution < 1.29 is 38.2 Å². The van der Waals surface area contributed by atoms with Gasteiger partial charge < -0.3 is 28.6 Å². The molecular weight excluding hydrogens is 630 g/mol. The van der Waals surface area contributed by atoms with Crippen LogP contribution in [0.4, 0.5) is 0 Å². The molecular formula is C42H77NO7. The monoisotopic (exact) mass is 708 g/mol. The maximum absolute atomic E-state index is 12.5. The van der Waals surface area contributed by atoms with Crippen LogP contribution in [0, 0.1) is 0 Å². The Morgan fingerprint density at radius 1 is 0.580 bits per heavy atom. The minimum Gasteiger partial charge on any atom is -0.544 e. The second-order valence-corrected chi connectivity index (χ2v) is 14.9. The van der Waals surface area contributed by atoms with Crippen molar-refractivity contribution in [3.8, 4) is 0 Å². The molecule has 0 aliphatic rings. The SMILES string of the molecule is CCCCC/C=C/CCC(=O)OC(COCCC(C(=O)[O-])[N+](C)(C)C)COC(=O)CCCCCCCCC/C=C/CCCCCCCCCC. The Morgan fingerprint density at radius 2 is 1.04 bits per heavy atom. The van der Waals surface area contributed by atoms with E-state index >= 15 is 0 Å². The second kappa shape index (κ2) is 33.9. The van der Waals surface area contributed by atoms with Gasteiger partial charge in [-0.2, -0.15) is 0 Å². The van der Waals surface area contributed by atoms with Crippen LogP contribution in [-0.2, 0) is 28.6 Å². The minimum absolute atomic E-state index is 0.0256. The molecule has 0 aliphatic heterocycles. The zero-order valence-electron chi connectivity index (χ0n) is 33.1. The van der Waals surface area contributed by atoms with Crippen molar-refractivity contribution in [3.63, 3.8) is 0 Å². The number of nitrogens with zero attached hydrogens (tertiary/aromatic N) is 1. The van der Waals surface area contributed by atoms with Gasteiger partial charge in [-0.3, -0.25) is 9.59 Å². The summed E-state index contributed by atoms with van der Waals surface area (Å²) in [6, 6.07) is -0.727. The molecule has 8 heteroatoms. The smallest absolute Gasteiger partial charge is 0.306 e. The number of carbonyl (C=O) groups excluding carboxylic acids is 3. The predicted molar refractivity (Wildman–Crippen MR) is 204 cm³/mol. The molecule has 0 aromatic rings. The second-order valence-electron chi connectivity index (χ2n) is 14.9. The van der Waals surface area contributed by atoms with E-state index in [2.05, 4.69) is 32.1 Å². The Balaban J connectivity index is 4.23. The number of quaternary nitrogens is 1. The molecule has 2 atom stereocenters. The molecule has 0 radical (unpaired) electrons. The van der Waals surface area contributed by atoms with Crippen LogP contribution in [0.5, 0.6) is 0 Å².